The Morgan fingerprint density at radius 2 is 1.62 bits per heavy atom. The summed E-state index contributed by atoms with van der Waals surface area (Å²) in [5.74, 6) is 0.231. The molecule has 186 valence electrons. The number of anilines is 1. The van der Waals surface area contributed by atoms with E-state index in [9.17, 15) is 4.79 Å². The van der Waals surface area contributed by atoms with Gasteiger partial charge in [0, 0.05) is 24.3 Å². The number of carbonyl (C=O) groups is 1. The highest BCUT2D eigenvalue weighted by atomic mass is 16.5. The number of hydrazone groups is 1. The Kier molecular flexibility index (Phi) is 7.60. The van der Waals surface area contributed by atoms with Crippen molar-refractivity contribution >= 4 is 17.8 Å². The van der Waals surface area contributed by atoms with Crippen molar-refractivity contribution in [1.29, 1.82) is 0 Å². The first kappa shape index (κ1) is 24.3. The summed E-state index contributed by atoms with van der Waals surface area (Å²) in [6, 6.07) is 34.2. The van der Waals surface area contributed by atoms with Gasteiger partial charge in [0.05, 0.1) is 19.2 Å². The van der Waals surface area contributed by atoms with E-state index in [1.807, 2.05) is 72.8 Å². The van der Waals surface area contributed by atoms with Crippen molar-refractivity contribution in [3.63, 3.8) is 0 Å². The average molecular weight is 490 g/mol. The number of methoxy groups -OCH3 is 1. The zero-order valence-electron chi connectivity index (χ0n) is 21.0. The second-order valence-corrected chi connectivity index (χ2v) is 9.21. The monoisotopic (exact) mass is 489 g/mol. The Balaban J connectivity index is 1.33. The maximum absolute atomic E-state index is 13.2. The molecule has 5 heteroatoms. The molecule has 1 aliphatic rings. The highest BCUT2D eigenvalue weighted by Gasteiger charge is 2.22. The van der Waals surface area contributed by atoms with Crippen LogP contribution in [0.1, 0.15) is 40.2 Å². The predicted molar refractivity (Wildman–Crippen MR) is 149 cm³/mol. The lowest BCUT2D eigenvalue weighted by Crippen LogP contribution is -2.29. The fourth-order valence-corrected chi connectivity index (χ4v) is 5.00. The van der Waals surface area contributed by atoms with E-state index in [0.29, 0.717) is 0 Å². The van der Waals surface area contributed by atoms with Gasteiger partial charge in [-0.2, -0.15) is 5.10 Å². The Morgan fingerprint density at radius 3 is 2.32 bits per heavy atom. The average Bonchev–Trinajstić information content (AvgIpc) is 2.95. The molecule has 4 aromatic rings. The van der Waals surface area contributed by atoms with Gasteiger partial charge in [-0.3, -0.25) is 4.79 Å². The minimum absolute atomic E-state index is 0.174. The van der Waals surface area contributed by atoms with Crippen molar-refractivity contribution in [2.75, 3.05) is 18.6 Å². The lowest BCUT2D eigenvalue weighted by Gasteiger charge is -2.31. The van der Waals surface area contributed by atoms with Gasteiger partial charge < -0.3 is 9.64 Å². The molecule has 0 unspecified atom stereocenters. The van der Waals surface area contributed by atoms with Crippen LogP contribution in [0, 0.1) is 0 Å². The molecule has 0 saturated carbocycles. The van der Waals surface area contributed by atoms with Gasteiger partial charge in [0.15, 0.2) is 0 Å². The molecule has 5 rings (SSSR count). The van der Waals surface area contributed by atoms with Gasteiger partial charge in [-0.25, -0.2) is 5.43 Å². The van der Waals surface area contributed by atoms with Crippen molar-refractivity contribution in [2.45, 2.75) is 25.3 Å². The number of ether oxygens (including phenoxy) is 1. The molecule has 0 aliphatic carbocycles. The van der Waals surface area contributed by atoms with Crippen LogP contribution in [0.2, 0.25) is 0 Å². The van der Waals surface area contributed by atoms with Gasteiger partial charge in [-0.05, 0) is 59.4 Å². The van der Waals surface area contributed by atoms with Gasteiger partial charge in [0.2, 0.25) is 0 Å². The number of hydrogen-bond acceptors (Lipinski definition) is 4. The molecule has 1 aliphatic heterocycles. The number of aryl methyl sites for hydroxylation is 1. The second-order valence-electron chi connectivity index (χ2n) is 9.21. The van der Waals surface area contributed by atoms with Crippen LogP contribution in [0.3, 0.4) is 0 Å². The van der Waals surface area contributed by atoms with Crippen LogP contribution >= 0.6 is 0 Å². The summed E-state index contributed by atoms with van der Waals surface area (Å²) >= 11 is 0. The normalized spacial score (nSPS) is 13.0. The Bertz CT molecular complexity index is 1330. The fourth-order valence-electron chi connectivity index (χ4n) is 5.00. The number of amides is 1. The summed E-state index contributed by atoms with van der Waals surface area (Å²) in [6.45, 7) is 1.76. The molecule has 0 saturated heterocycles. The van der Waals surface area contributed by atoms with Crippen molar-refractivity contribution in [3.05, 3.63) is 131 Å². The molecular weight excluding hydrogens is 458 g/mol. The van der Waals surface area contributed by atoms with Crippen LogP contribution in [-0.2, 0) is 17.8 Å². The van der Waals surface area contributed by atoms with Crippen LogP contribution < -0.4 is 15.1 Å². The molecule has 37 heavy (non-hydrogen) atoms. The summed E-state index contributed by atoms with van der Waals surface area (Å²) in [7, 11) is 1.70. The van der Waals surface area contributed by atoms with E-state index in [2.05, 4.69) is 45.8 Å². The Labute approximate surface area is 218 Å². The van der Waals surface area contributed by atoms with Gasteiger partial charge in [0.1, 0.15) is 5.75 Å². The quantitative estimate of drug-likeness (QED) is 0.247. The maximum atomic E-state index is 13.2. The van der Waals surface area contributed by atoms with Crippen molar-refractivity contribution in [1.82, 2.24) is 5.43 Å². The van der Waals surface area contributed by atoms with Gasteiger partial charge in [0.25, 0.3) is 5.91 Å². The number of rotatable bonds is 8. The summed E-state index contributed by atoms with van der Waals surface area (Å²) in [6.07, 6.45) is 3.94. The van der Waals surface area contributed by atoms with Crippen molar-refractivity contribution in [3.8, 4) is 5.75 Å². The van der Waals surface area contributed by atoms with E-state index in [-0.39, 0.29) is 5.91 Å². The Morgan fingerprint density at radius 1 is 0.946 bits per heavy atom. The fraction of sp³-hybridized carbons (Fsp3) is 0.188. The number of benzene rings is 4. The third kappa shape index (κ3) is 5.72. The number of nitrogens with zero attached hydrogens (tertiary/aromatic N) is 2. The summed E-state index contributed by atoms with van der Waals surface area (Å²) < 4.78 is 5.66. The van der Waals surface area contributed by atoms with Gasteiger partial charge in [-0.15, -0.1) is 0 Å². The van der Waals surface area contributed by atoms with Crippen LogP contribution in [0.5, 0.6) is 5.75 Å². The number of nitrogens with one attached hydrogen (secondary N) is 1. The van der Waals surface area contributed by atoms with Crippen molar-refractivity contribution < 1.29 is 9.53 Å². The molecule has 0 fully saturated rings. The molecule has 5 nitrogen and oxygen atoms in total. The van der Waals surface area contributed by atoms with Crippen LogP contribution in [0.15, 0.2) is 108 Å². The van der Waals surface area contributed by atoms with E-state index in [1.54, 1.807) is 13.3 Å². The number of hydrogen-bond donors (Lipinski definition) is 1. The molecule has 1 amide bonds. The van der Waals surface area contributed by atoms with E-state index in [1.165, 1.54) is 11.3 Å². The highest BCUT2D eigenvalue weighted by Crippen LogP contribution is 2.30. The predicted octanol–water partition coefficient (Wildman–Crippen LogP) is 5.93. The SMILES string of the molecule is COc1ccc(/C=N\NC(=O)C(c2ccccc2)c2ccccc2)cc1CN1CCCc2ccccc21. The third-order valence-electron chi connectivity index (χ3n) is 6.79. The number of carbonyl (C=O) groups excluding carboxylic acids is 1. The molecule has 0 radical (unpaired) electrons. The van der Waals surface area contributed by atoms with Gasteiger partial charge in [-0.1, -0.05) is 78.9 Å². The first-order valence-corrected chi connectivity index (χ1v) is 12.7. The topological polar surface area (TPSA) is 53.9 Å². The van der Waals surface area contributed by atoms with E-state index >= 15 is 0 Å². The number of para-hydroxylation sites is 1. The summed E-state index contributed by atoms with van der Waals surface area (Å²) in [5.41, 5.74) is 9.27. The highest BCUT2D eigenvalue weighted by molar-refractivity contribution is 5.88. The summed E-state index contributed by atoms with van der Waals surface area (Å²) in [4.78, 5) is 15.6. The van der Waals surface area contributed by atoms with Crippen LogP contribution in [0.25, 0.3) is 0 Å². The van der Waals surface area contributed by atoms with E-state index in [0.717, 1.165) is 53.9 Å². The number of fused-ring (bicyclic) bond motifs is 1. The Hall–Kier alpha value is -4.38. The van der Waals surface area contributed by atoms with Crippen LogP contribution in [-0.4, -0.2) is 25.8 Å². The zero-order chi connectivity index (χ0) is 25.5. The molecule has 0 spiro atoms. The van der Waals surface area contributed by atoms with E-state index < -0.39 is 5.92 Å². The lowest BCUT2D eigenvalue weighted by atomic mass is 9.91. The molecule has 1 N–H and O–H groups in total. The zero-order valence-corrected chi connectivity index (χ0v) is 21.0. The maximum Gasteiger partial charge on any atom is 0.252 e. The van der Waals surface area contributed by atoms with E-state index in [4.69, 9.17) is 4.74 Å². The molecule has 4 aromatic carbocycles. The lowest BCUT2D eigenvalue weighted by molar-refractivity contribution is -0.121. The first-order valence-electron chi connectivity index (χ1n) is 12.7. The molecule has 0 aromatic heterocycles. The second kappa shape index (κ2) is 11.6. The standard InChI is InChI=1S/C32H31N3O2/c1-37-30-19-18-24(21-28(30)23-35-20-10-16-25-11-8-9-17-29(25)35)22-33-34-32(36)31(26-12-4-2-5-13-26)27-14-6-3-7-15-27/h2-9,11-15,17-19,21-22,31H,10,16,20,23H2,1H3,(H,34,36)/b33-22-. The molecule has 0 atom stereocenters. The van der Waals surface area contributed by atoms with Crippen LogP contribution in [0.4, 0.5) is 5.69 Å². The summed E-state index contributed by atoms with van der Waals surface area (Å²) in [5, 5.41) is 4.31. The third-order valence-corrected chi connectivity index (χ3v) is 6.79. The molecule has 1 heterocycles. The smallest absolute Gasteiger partial charge is 0.252 e. The molecular formula is C32H31N3O2. The minimum Gasteiger partial charge on any atom is -0.496 e. The van der Waals surface area contributed by atoms with Crippen molar-refractivity contribution in [2.24, 2.45) is 5.10 Å². The first-order chi connectivity index (χ1) is 18.2. The largest absolute Gasteiger partial charge is 0.496 e. The minimum atomic E-state index is -0.440. The van der Waals surface area contributed by atoms with Gasteiger partial charge >= 0.3 is 0 Å². The molecule has 0 bridgehead atoms.